The Morgan fingerprint density at radius 1 is 1.35 bits per heavy atom. The normalized spacial score (nSPS) is 11.6. The molecule has 0 unspecified atom stereocenters. The zero-order valence-corrected chi connectivity index (χ0v) is 13.1. The topological polar surface area (TPSA) is 85.1 Å². The summed E-state index contributed by atoms with van der Waals surface area (Å²) in [6.45, 7) is 1.51. The second-order valence-electron chi connectivity index (χ2n) is 3.77. The molecule has 108 valence electrons. The fourth-order valence-electron chi connectivity index (χ4n) is 1.47. The molecule has 20 heavy (non-hydrogen) atoms. The molecular weight excluding hydrogens is 348 g/mol. The van der Waals surface area contributed by atoms with E-state index >= 15 is 0 Å². The van der Waals surface area contributed by atoms with Crippen LogP contribution in [-0.2, 0) is 10.0 Å². The monoisotopic (exact) mass is 355 g/mol. The van der Waals surface area contributed by atoms with Crippen LogP contribution >= 0.6 is 34.5 Å². The highest BCUT2D eigenvalue weighted by Gasteiger charge is 2.23. The Morgan fingerprint density at radius 2 is 1.90 bits per heavy atom. The van der Waals surface area contributed by atoms with Crippen molar-refractivity contribution in [3.05, 3.63) is 33.7 Å². The molecule has 2 rings (SSSR count). The van der Waals surface area contributed by atoms with Gasteiger partial charge in [0.05, 0.1) is 21.4 Å². The number of nitrogens with one attached hydrogen (secondary N) is 1. The zero-order chi connectivity index (χ0) is 15.1. The zero-order valence-electron chi connectivity index (χ0n) is 9.95. The third-order valence-corrected chi connectivity index (χ3v) is 5.80. The quantitative estimate of drug-likeness (QED) is 0.884. The van der Waals surface area contributed by atoms with Crippen LogP contribution in [0, 0.1) is 12.7 Å². The summed E-state index contributed by atoms with van der Waals surface area (Å²) in [5.74, 6) is -0.666. The van der Waals surface area contributed by atoms with Gasteiger partial charge < -0.3 is 5.73 Å². The first-order valence-corrected chi connectivity index (χ1v) is 8.16. The Balaban J connectivity index is 2.46. The molecule has 0 fully saturated rings. The van der Waals surface area contributed by atoms with E-state index in [1.165, 1.54) is 6.92 Å². The van der Waals surface area contributed by atoms with Crippen LogP contribution in [0.2, 0.25) is 10.0 Å². The van der Waals surface area contributed by atoms with Gasteiger partial charge in [-0.3, -0.25) is 4.72 Å². The molecule has 0 spiro atoms. The van der Waals surface area contributed by atoms with Gasteiger partial charge in [0.25, 0.3) is 10.0 Å². The Hall–Kier alpha value is -1.09. The molecule has 0 saturated carbocycles. The van der Waals surface area contributed by atoms with E-state index in [4.69, 9.17) is 28.9 Å². The summed E-state index contributed by atoms with van der Waals surface area (Å²) in [5, 5.41) is -0.165. The van der Waals surface area contributed by atoms with Crippen molar-refractivity contribution in [1.29, 1.82) is 0 Å². The number of anilines is 2. The van der Waals surface area contributed by atoms with Crippen molar-refractivity contribution in [3.63, 3.8) is 0 Å². The fraction of sp³-hybridized carbons (Fsp3) is 0.100. The van der Waals surface area contributed by atoms with Gasteiger partial charge in [0, 0.05) is 0 Å². The number of sulfonamides is 1. The van der Waals surface area contributed by atoms with Gasteiger partial charge in [0.1, 0.15) is 5.82 Å². The maximum absolute atomic E-state index is 13.1. The summed E-state index contributed by atoms with van der Waals surface area (Å²) < 4.78 is 39.7. The highest BCUT2D eigenvalue weighted by molar-refractivity contribution is 7.94. The Morgan fingerprint density at radius 3 is 2.35 bits per heavy atom. The van der Waals surface area contributed by atoms with E-state index in [0.29, 0.717) is 0 Å². The number of hydrogen-bond donors (Lipinski definition) is 2. The average Bonchev–Trinajstić information content (AvgIpc) is 2.64. The van der Waals surface area contributed by atoms with Crippen molar-refractivity contribution in [2.45, 2.75) is 11.1 Å². The third kappa shape index (κ3) is 2.98. The number of nitrogen functional groups attached to an aromatic ring is 1. The second-order valence-corrected chi connectivity index (χ2v) is 7.50. The first-order chi connectivity index (χ1) is 9.20. The molecule has 1 aromatic heterocycles. The van der Waals surface area contributed by atoms with Crippen molar-refractivity contribution in [1.82, 2.24) is 4.98 Å². The summed E-state index contributed by atoms with van der Waals surface area (Å²) in [6.07, 6.45) is 0. The predicted octanol–water partition coefficient (Wildman–Crippen LogP) is 3.28. The van der Waals surface area contributed by atoms with Gasteiger partial charge in [0.2, 0.25) is 0 Å². The minimum Gasteiger partial charge on any atom is -0.375 e. The molecule has 5 nitrogen and oxygen atoms in total. The lowest BCUT2D eigenvalue weighted by atomic mass is 10.3. The van der Waals surface area contributed by atoms with E-state index < -0.39 is 15.8 Å². The van der Waals surface area contributed by atoms with Crippen molar-refractivity contribution < 1.29 is 12.8 Å². The Kier molecular flexibility index (Phi) is 4.10. The number of nitrogens with zero attached hydrogens (tertiary/aromatic N) is 1. The molecule has 0 bridgehead atoms. The van der Waals surface area contributed by atoms with E-state index in [2.05, 4.69) is 9.71 Å². The van der Waals surface area contributed by atoms with Gasteiger partial charge in [-0.1, -0.05) is 34.5 Å². The summed E-state index contributed by atoms with van der Waals surface area (Å²) in [6, 6.07) is 1.92. The SMILES string of the molecule is Cc1nc(N)sc1S(=O)(=O)Nc1c(Cl)cc(F)cc1Cl. The highest BCUT2D eigenvalue weighted by Crippen LogP contribution is 2.34. The number of rotatable bonds is 3. The van der Waals surface area contributed by atoms with Crippen LogP contribution in [0.3, 0.4) is 0 Å². The molecule has 1 heterocycles. The molecule has 0 amide bonds. The second kappa shape index (κ2) is 5.36. The number of thiazole rings is 1. The van der Waals surface area contributed by atoms with Gasteiger partial charge in [-0.2, -0.15) is 0 Å². The Bertz CT molecular complexity index is 754. The predicted molar refractivity (Wildman–Crippen MR) is 78.5 cm³/mol. The number of aromatic nitrogens is 1. The molecule has 0 aliphatic heterocycles. The molecule has 0 radical (unpaired) electrons. The summed E-state index contributed by atoms with van der Waals surface area (Å²) in [5.41, 5.74) is 5.63. The first-order valence-electron chi connectivity index (χ1n) is 5.11. The number of hydrogen-bond acceptors (Lipinski definition) is 5. The van der Waals surface area contributed by atoms with Gasteiger partial charge >= 0.3 is 0 Å². The van der Waals surface area contributed by atoms with Crippen LogP contribution in [-0.4, -0.2) is 13.4 Å². The van der Waals surface area contributed by atoms with E-state index in [0.717, 1.165) is 23.5 Å². The van der Waals surface area contributed by atoms with Crippen molar-refractivity contribution in [2.75, 3.05) is 10.5 Å². The lowest BCUT2D eigenvalue weighted by molar-refractivity contribution is 0.602. The maximum atomic E-state index is 13.1. The van der Waals surface area contributed by atoms with Crippen molar-refractivity contribution >= 4 is 55.4 Å². The van der Waals surface area contributed by atoms with E-state index in [1.54, 1.807) is 0 Å². The first kappa shape index (κ1) is 15.3. The van der Waals surface area contributed by atoms with Crippen LogP contribution in [0.15, 0.2) is 16.3 Å². The van der Waals surface area contributed by atoms with E-state index in [9.17, 15) is 12.8 Å². The van der Waals surface area contributed by atoms with Gasteiger partial charge in [-0.05, 0) is 19.1 Å². The molecular formula is C10H8Cl2FN3O2S2. The number of aryl methyl sites for hydroxylation is 1. The largest absolute Gasteiger partial charge is 0.375 e. The molecule has 10 heteroatoms. The van der Waals surface area contributed by atoms with Crippen LogP contribution in [0.1, 0.15) is 5.69 Å². The summed E-state index contributed by atoms with van der Waals surface area (Å²) in [4.78, 5) is 3.83. The molecule has 0 aliphatic carbocycles. The molecule has 0 atom stereocenters. The molecule has 0 saturated heterocycles. The van der Waals surface area contributed by atoms with Crippen LogP contribution < -0.4 is 10.5 Å². The molecule has 3 N–H and O–H groups in total. The standard InChI is InChI=1S/C10H8Cl2FN3O2S2/c1-4-9(19-10(14)15-4)20(17,18)16-8-6(11)2-5(13)3-7(8)12/h2-3,16H,1H3,(H2,14,15). The van der Waals surface area contributed by atoms with Crippen LogP contribution in [0.25, 0.3) is 0 Å². The number of halogens is 3. The average molecular weight is 356 g/mol. The minimum atomic E-state index is -3.95. The fourth-order valence-corrected chi connectivity index (χ4v) is 4.54. The van der Waals surface area contributed by atoms with Crippen LogP contribution in [0.4, 0.5) is 15.2 Å². The lowest BCUT2D eigenvalue weighted by Crippen LogP contribution is -2.13. The van der Waals surface area contributed by atoms with Crippen LogP contribution in [0.5, 0.6) is 0 Å². The summed E-state index contributed by atoms with van der Waals surface area (Å²) in [7, 11) is -3.95. The molecule has 1 aromatic carbocycles. The number of nitrogens with two attached hydrogens (primary N) is 1. The minimum absolute atomic E-state index is 0.0496. The number of benzene rings is 1. The van der Waals surface area contributed by atoms with Gasteiger partial charge in [-0.15, -0.1) is 0 Å². The van der Waals surface area contributed by atoms with E-state index in [1.807, 2.05) is 0 Å². The Labute approximate surface area is 128 Å². The van der Waals surface area contributed by atoms with Crippen molar-refractivity contribution in [2.24, 2.45) is 0 Å². The van der Waals surface area contributed by atoms with E-state index in [-0.39, 0.29) is 30.8 Å². The maximum Gasteiger partial charge on any atom is 0.273 e. The van der Waals surface area contributed by atoms with Gasteiger partial charge in [0.15, 0.2) is 9.34 Å². The summed E-state index contributed by atoms with van der Waals surface area (Å²) >= 11 is 12.4. The molecule has 2 aromatic rings. The molecule has 0 aliphatic rings. The third-order valence-electron chi connectivity index (χ3n) is 2.26. The smallest absolute Gasteiger partial charge is 0.273 e. The van der Waals surface area contributed by atoms with Crippen molar-refractivity contribution in [3.8, 4) is 0 Å². The van der Waals surface area contributed by atoms with Gasteiger partial charge in [-0.25, -0.2) is 17.8 Å². The lowest BCUT2D eigenvalue weighted by Gasteiger charge is -2.10. The highest BCUT2D eigenvalue weighted by atomic mass is 35.5.